The molecule has 4 aromatic carbocycles. The Morgan fingerprint density at radius 3 is 1.56 bits per heavy atom. The molecule has 0 radical (unpaired) electrons. The van der Waals surface area contributed by atoms with Crippen LogP contribution in [0.3, 0.4) is 0 Å². The van der Waals surface area contributed by atoms with Crippen molar-refractivity contribution in [2.45, 2.75) is 69.2 Å². The number of carbonyl (C=O) groups excluding carboxylic acids is 1. The number of thiazole rings is 1. The third-order valence-corrected chi connectivity index (χ3v) is 11.3. The Morgan fingerprint density at radius 1 is 0.620 bits per heavy atom. The lowest BCUT2D eigenvalue weighted by molar-refractivity contribution is -0.116. The highest BCUT2D eigenvalue weighted by molar-refractivity contribution is 7.13. The number of nitrogens with zero attached hydrogens (tertiary/aromatic N) is 1. The Labute approximate surface area is 412 Å². The highest BCUT2D eigenvalue weighted by Crippen LogP contribution is 2.29. The van der Waals surface area contributed by atoms with Gasteiger partial charge in [-0.3, -0.25) is 24.0 Å². The molecule has 0 saturated heterocycles. The van der Waals surface area contributed by atoms with Crippen molar-refractivity contribution < 1.29 is 42.1 Å². The second-order valence-corrected chi connectivity index (χ2v) is 17.2. The number of ketones is 1. The highest BCUT2D eigenvalue weighted by atomic mass is 32.1. The summed E-state index contributed by atoms with van der Waals surface area (Å²) in [7, 11) is 0. The molecule has 2 N–H and O–H groups in total. The van der Waals surface area contributed by atoms with Crippen molar-refractivity contribution in [3.63, 3.8) is 0 Å². The van der Waals surface area contributed by atoms with Gasteiger partial charge >= 0.3 is 0 Å². The predicted octanol–water partition coefficient (Wildman–Crippen LogP) is 11.8. The number of phenolic OH excluding ortho intramolecular Hbond substituents is 2. The van der Waals surface area contributed by atoms with E-state index in [1.165, 1.54) is 60.9 Å². The molecule has 0 unspecified atom stereocenters. The van der Waals surface area contributed by atoms with Gasteiger partial charge in [-0.1, -0.05) is 32.7 Å². The molecule has 0 aliphatic carbocycles. The summed E-state index contributed by atoms with van der Waals surface area (Å²) in [4.78, 5) is 63.5. The first-order chi connectivity index (χ1) is 33.3. The average molecular weight is 982 g/mol. The number of Topliss-reactive ketones (excluding diaryl/α,β-unsaturated/α-hetero) is 1. The highest BCUT2D eigenvalue weighted by Gasteiger charge is 2.16. The number of carbonyl (C=O) groups is 1. The molecule has 14 nitrogen and oxygen atoms in total. The van der Waals surface area contributed by atoms with Crippen LogP contribution in [-0.2, 0) is 11.2 Å². The number of fused-ring (bicyclic) bond motifs is 4. The van der Waals surface area contributed by atoms with Gasteiger partial charge in [-0.25, -0.2) is 4.98 Å². The van der Waals surface area contributed by atoms with Crippen molar-refractivity contribution in [3.05, 3.63) is 190 Å². The molecule has 15 heteroatoms. The standard InChI is InChI=1S/C17H15NO3S.C14H14O3.C13H12O4.C11H10O3.CH4/c1-4-5-20-12-6-10(2)15-14(7-12)21-8-13(16(15)19)17-18-11(3)9-22-17;1-4-5-16-11-6-9(2)14-12(15)7-10(3)17-13(14)8-11;1-7(14)3-9-5-10(15)6-12-13(9)11(16)4-8(2)17-12;1-6-3-8(12)5-10-11(6)9(13)4-7(2)14-10;/h4,6-9H,1,5H2,2-3H3;4,6-8H,1,5H2,2-3H3;4-6,15H,3H2,1-2H3;3-5,12H,1-2H3;1H4. The lowest BCUT2D eigenvalue weighted by Gasteiger charge is -2.07. The van der Waals surface area contributed by atoms with Gasteiger partial charge in [0, 0.05) is 60.0 Å². The number of benzene rings is 4. The number of ether oxygens (including phenoxy) is 2. The minimum absolute atomic E-state index is 0. The van der Waals surface area contributed by atoms with Crippen LogP contribution < -0.4 is 31.2 Å². The number of aromatic nitrogens is 1. The molecule has 5 aromatic heterocycles. The van der Waals surface area contributed by atoms with Crippen molar-refractivity contribution in [2.24, 2.45) is 0 Å². The van der Waals surface area contributed by atoms with Crippen LogP contribution in [0.2, 0.25) is 0 Å². The zero-order chi connectivity index (χ0) is 51.0. The number of aryl methyl sites for hydroxylation is 7. The summed E-state index contributed by atoms with van der Waals surface area (Å²) in [5.41, 5.74) is 5.78. The van der Waals surface area contributed by atoms with Gasteiger partial charge in [0.05, 0.1) is 27.1 Å². The normalized spacial score (nSPS) is 10.5. The third kappa shape index (κ3) is 13.1. The molecule has 0 saturated carbocycles. The Bertz CT molecular complexity index is 3690. The molecular weight excluding hydrogens is 927 g/mol. The van der Waals surface area contributed by atoms with Crippen molar-refractivity contribution in [1.29, 1.82) is 0 Å². The van der Waals surface area contributed by atoms with Gasteiger partial charge in [-0.2, -0.15) is 0 Å². The van der Waals surface area contributed by atoms with Gasteiger partial charge < -0.3 is 37.4 Å². The fourth-order valence-corrected chi connectivity index (χ4v) is 8.37. The summed E-state index contributed by atoms with van der Waals surface area (Å²) >= 11 is 1.44. The Balaban J connectivity index is 0.000000177. The number of rotatable bonds is 9. The van der Waals surface area contributed by atoms with E-state index in [2.05, 4.69) is 18.1 Å². The van der Waals surface area contributed by atoms with Crippen LogP contribution in [0.25, 0.3) is 54.4 Å². The third-order valence-electron chi connectivity index (χ3n) is 10.4. The smallest absolute Gasteiger partial charge is 0.203 e. The molecule has 0 atom stereocenters. The lowest BCUT2D eigenvalue weighted by Crippen LogP contribution is -2.06. The predicted molar refractivity (Wildman–Crippen MR) is 280 cm³/mol. The van der Waals surface area contributed by atoms with Crippen molar-refractivity contribution in [1.82, 2.24) is 4.98 Å². The van der Waals surface area contributed by atoms with Crippen LogP contribution in [-0.4, -0.2) is 34.2 Å². The van der Waals surface area contributed by atoms with Crippen LogP contribution >= 0.6 is 11.3 Å². The number of aromatic hydroxyl groups is 2. The van der Waals surface area contributed by atoms with Crippen LogP contribution in [0.5, 0.6) is 23.0 Å². The molecule has 0 aliphatic rings. The fourth-order valence-electron chi connectivity index (χ4n) is 7.58. The van der Waals surface area contributed by atoms with Gasteiger partial charge in [0.15, 0.2) is 16.3 Å². The zero-order valence-electron chi connectivity index (χ0n) is 39.9. The molecule has 9 rings (SSSR count). The summed E-state index contributed by atoms with van der Waals surface area (Å²) in [5.74, 6) is 3.00. The summed E-state index contributed by atoms with van der Waals surface area (Å²) in [6.07, 6.45) is 4.92. The summed E-state index contributed by atoms with van der Waals surface area (Å²) in [6.45, 7) is 22.0. The van der Waals surface area contributed by atoms with Gasteiger partial charge in [-0.15, -0.1) is 11.3 Å². The summed E-state index contributed by atoms with van der Waals surface area (Å²) < 4.78 is 32.9. The molecular formula is C56H55NO13S. The van der Waals surface area contributed by atoms with E-state index in [4.69, 9.17) is 27.1 Å². The minimum atomic E-state index is -0.194. The first-order valence-electron chi connectivity index (χ1n) is 21.8. The topological polar surface area (TPSA) is 210 Å². The van der Waals surface area contributed by atoms with Crippen LogP contribution in [0.1, 0.15) is 59.6 Å². The van der Waals surface area contributed by atoms with E-state index in [1.807, 2.05) is 38.3 Å². The van der Waals surface area contributed by atoms with Gasteiger partial charge in [-0.05, 0) is 102 Å². The average Bonchev–Trinajstić information content (AvgIpc) is 3.69. The SMILES string of the molecule is C.C=CCOc1cc(C)c2c(=O)c(-c3nc(C)cs3)coc2c1.C=CCOc1cc(C)c2c(=O)cc(C)oc2c1.CC(=O)Cc1cc(O)cc2oc(C)cc(=O)c12.Cc1cc(=O)c2c(C)cc(O)cc2o1. The van der Waals surface area contributed by atoms with Crippen LogP contribution in [0.4, 0.5) is 0 Å². The maximum atomic E-state index is 12.7. The fraction of sp³-hybridized carbons (Fsp3) is 0.214. The maximum Gasteiger partial charge on any atom is 0.203 e. The van der Waals surface area contributed by atoms with E-state index in [0.29, 0.717) is 102 Å². The first kappa shape index (κ1) is 53.7. The Hall–Kier alpha value is -8.30. The Kier molecular flexibility index (Phi) is 17.6. The quantitative estimate of drug-likeness (QED) is 0.129. The molecule has 0 amide bonds. The number of hydrogen-bond acceptors (Lipinski definition) is 15. The summed E-state index contributed by atoms with van der Waals surface area (Å²) in [6, 6.07) is 17.3. The van der Waals surface area contributed by atoms with E-state index in [0.717, 1.165) is 22.4 Å². The monoisotopic (exact) mass is 981 g/mol. The molecule has 5 heterocycles. The Morgan fingerprint density at radius 2 is 1.07 bits per heavy atom. The molecule has 0 bridgehead atoms. The van der Waals surface area contributed by atoms with Crippen LogP contribution in [0.15, 0.2) is 141 Å². The second-order valence-electron chi connectivity index (χ2n) is 16.4. The minimum Gasteiger partial charge on any atom is -0.508 e. The van der Waals surface area contributed by atoms with E-state index in [1.54, 1.807) is 58.0 Å². The van der Waals surface area contributed by atoms with E-state index < -0.39 is 0 Å². The molecule has 0 fully saturated rings. The van der Waals surface area contributed by atoms with E-state index in [-0.39, 0.29) is 52.8 Å². The second kappa shape index (κ2) is 23.3. The van der Waals surface area contributed by atoms with Crippen LogP contribution in [0, 0.1) is 48.5 Å². The molecule has 71 heavy (non-hydrogen) atoms. The molecule has 368 valence electrons. The van der Waals surface area contributed by atoms with Crippen molar-refractivity contribution in [3.8, 4) is 33.6 Å². The molecule has 9 aromatic rings. The van der Waals surface area contributed by atoms with E-state index >= 15 is 0 Å². The van der Waals surface area contributed by atoms with Crippen molar-refractivity contribution in [2.75, 3.05) is 13.2 Å². The largest absolute Gasteiger partial charge is 0.508 e. The van der Waals surface area contributed by atoms with Gasteiger partial charge in [0.25, 0.3) is 0 Å². The maximum absolute atomic E-state index is 12.7. The number of phenols is 2. The zero-order valence-corrected chi connectivity index (χ0v) is 40.8. The molecule has 0 aliphatic heterocycles. The van der Waals surface area contributed by atoms with E-state index in [9.17, 15) is 34.2 Å². The number of hydrogen-bond donors (Lipinski definition) is 2. The van der Waals surface area contributed by atoms with Crippen molar-refractivity contribution >= 4 is 61.0 Å². The lowest BCUT2D eigenvalue weighted by atomic mass is 10.0. The van der Waals surface area contributed by atoms with Gasteiger partial charge in [0.2, 0.25) is 5.43 Å². The first-order valence-corrected chi connectivity index (χ1v) is 22.7. The van der Waals surface area contributed by atoms with Gasteiger partial charge in [0.1, 0.15) is 92.9 Å². The molecule has 0 spiro atoms. The summed E-state index contributed by atoms with van der Waals surface area (Å²) in [5, 5.41) is 23.5.